The Morgan fingerprint density at radius 3 is 2.73 bits per heavy atom. The first-order valence-electron chi connectivity index (χ1n) is 4.08. The number of nitrogens with zero attached hydrogens (tertiary/aromatic N) is 2. The SMILES string of the molecule is C=C(C#N)[C@H](O)c1ccccc1[N+](=O)[O-]. The number of nitro groups is 1. The Morgan fingerprint density at radius 1 is 1.60 bits per heavy atom. The molecule has 0 amide bonds. The van der Waals surface area contributed by atoms with E-state index in [0.29, 0.717) is 0 Å². The Kier molecular flexibility index (Phi) is 3.16. The third-order valence-electron chi connectivity index (χ3n) is 1.90. The molecule has 76 valence electrons. The predicted octanol–water partition coefficient (Wildman–Crippen LogP) is 1.71. The molecule has 0 saturated heterocycles. The number of rotatable bonds is 3. The standard InChI is InChI=1S/C10H8N2O3/c1-7(6-11)10(13)8-4-2-3-5-9(8)12(14)15/h2-5,10,13H,1H2/t10-/m0/s1. The van der Waals surface area contributed by atoms with Crippen LogP contribution in [-0.4, -0.2) is 10.0 Å². The fourth-order valence-electron chi connectivity index (χ4n) is 1.13. The van der Waals surface area contributed by atoms with E-state index in [1.54, 1.807) is 12.1 Å². The van der Waals surface area contributed by atoms with Crippen molar-refractivity contribution < 1.29 is 10.0 Å². The van der Waals surface area contributed by atoms with Crippen LogP contribution in [0.25, 0.3) is 0 Å². The first-order chi connectivity index (χ1) is 7.07. The second kappa shape index (κ2) is 4.35. The van der Waals surface area contributed by atoms with E-state index < -0.39 is 11.0 Å². The molecule has 0 spiro atoms. The normalized spacial score (nSPS) is 11.5. The van der Waals surface area contributed by atoms with E-state index in [-0.39, 0.29) is 16.8 Å². The van der Waals surface area contributed by atoms with Crippen molar-refractivity contribution in [2.75, 3.05) is 0 Å². The van der Waals surface area contributed by atoms with E-state index in [9.17, 15) is 15.2 Å². The molecule has 5 heteroatoms. The molecule has 1 atom stereocenters. The third-order valence-corrected chi connectivity index (χ3v) is 1.90. The molecule has 0 saturated carbocycles. The van der Waals surface area contributed by atoms with Gasteiger partial charge < -0.3 is 5.11 Å². The van der Waals surface area contributed by atoms with Crippen LogP contribution in [0.15, 0.2) is 36.4 Å². The summed E-state index contributed by atoms with van der Waals surface area (Å²) in [7, 11) is 0. The second-order valence-corrected chi connectivity index (χ2v) is 2.86. The number of benzene rings is 1. The predicted molar refractivity (Wildman–Crippen MR) is 52.8 cm³/mol. The van der Waals surface area contributed by atoms with Crippen molar-refractivity contribution in [1.82, 2.24) is 0 Å². The maximum atomic E-state index is 10.6. The van der Waals surface area contributed by atoms with Crippen LogP contribution in [0.2, 0.25) is 0 Å². The van der Waals surface area contributed by atoms with Gasteiger partial charge in [-0.1, -0.05) is 18.7 Å². The van der Waals surface area contributed by atoms with E-state index >= 15 is 0 Å². The molecule has 1 aromatic carbocycles. The Bertz CT molecular complexity index is 448. The lowest BCUT2D eigenvalue weighted by molar-refractivity contribution is -0.386. The van der Waals surface area contributed by atoms with Crippen LogP contribution in [0.3, 0.4) is 0 Å². The van der Waals surface area contributed by atoms with Crippen LogP contribution < -0.4 is 0 Å². The quantitative estimate of drug-likeness (QED) is 0.461. The number of hydrogen-bond donors (Lipinski definition) is 1. The zero-order valence-corrected chi connectivity index (χ0v) is 7.75. The number of nitro benzene ring substituents is 1. The van der Waals surface area contributed by atoms with Crippen molar-refractivity contribution >= 4 is 5.69 Å². The first kappa shape index (κ1) is 10.9. The summed E-state index contributed by atoms with van der Waals surface area (Å²) in [5.41, 5.74) is -0.264. The lowest BCUT2D eigenvalue weighted by atomic mass is 10.0. The van der Waals surface area contributed by atoms with Crippen LogP contribution in [-0.2, 0) is 0 Å². The van der Waals surface area contributed by atoms with Gasteiger partial charge in [0.2, 0.25) is 0 Å². The van der Waals surface area contributed by atoms with Crippen LogP contribution in [0.5, 0.6) is 0 Å². The summed E-state index contributed by atoms with van der Waals surface area (Å²) in [6.07, 6.45) is -1.32. The molecule has 1 rings (SSSR count). The maximum absolute atomic E-state index is 10.6. The van der Waals surface area contributed by atoms with E-state index in [1.165, 1.54) is 18.2 Å². The number of aliphatic hydroxyl groups is 1. The van der Waals surface area contributed by atoms with Crippen molar-refractivity contribution in [3.63, 3.8) is 0 Å². The highest BCUT2D eigenvalue weighted by Gasteiger charge is 2.21. The summed E-state index contributed by atoms with van der Waals surface area (Å²) in [5.74, 6) is 0. The molecular weight excluding hydrogens is 196 g/mol. The van der Waals surface area contributed by atoms with Gasteiger partial charge in [0.25, 0.3) is 5.69 Å². The first-order valence-corrected chi connectivity index (χ1v) is 4.08. The highest BCUT2D eigenvalue weighted by atomic mass is 16.6. The highest BCUT2D eigenvalue weighted by Crippen LogP contribution is 2.28. The minimum absolute atomic E-state index is 0.0778. The van der Waals surface area contributed by atoms with Crippen LogP contribution in [0.1, 0.15) is 11.7 Å². The van der Waals surface area contributed by atoms with Gasteiger partial charge in [0, 0.05) is 6.07 Å². The zero-order chi connectivity index (χ0) is 11.4. The summed E-state index contributed by atoms with van der Waals surface area (Å²) < 4.78 is 0. The molecule has 0 radical (unpaired) electrons. The van der Waals surface area contributed by atoms with Crippen molar-refractivity contribution in [2.24, 2.45) is 0 Å². The third kappa shape index (κ3) is 2.18. The molecule has 0 aliphatic heterocycles. The molecule has 0 aliphatic carbocycles. The van der Waals surface area contributed by atoms with Gasteiger partial charge in [0.1, 0.15) is 6.10 Å². The van der Waals surface area contributed by atoms with Gasteiger partial charge >= 0.3 is 0 Å². The van der Waals surface area contributed by atoms with Crippen LogP contribution in [0.4, 0.5) is 5.69 Å². The van der Waals surface area contributed by atoms with Crippen molar-refractivity contribution in [1.29, 1.82) is 5.26 Å². The van der Waals surface area contributed by atoms with E-state index in [1.807, 2.05) is 0 Å². The van der Waals surface area contributed by atoms with E-state index in [2.05, 4.69) is 6.58 Å². The van der Waals surface area contributed by atoms with Crippen molar-refractivity contribution in [3.8, 4) is 6.07 Å². The van der Waals surface area contributed by atoms with Crippen LogP contribution in [0, 0.1) is 21.4 Å². The number of nitriles is 1. The second-order valence-electron chi connectivity index (χ2n) is 2.86. The lowest BCUT2D eigenvalue weighted by Gasteiger charge is -2.08. The molecule has 0 fully saturated rings. The molecule has 0 heterocycles. The molecule has 0 unspecified atom stereocenters. The molecule has 1 N–H and O–H groups in total. The van der Waals surface area contributed by atoms with Gasteiger partial charge in [-0.05, 0) is 6.07 Å². The monoisotopic (exact) mass is 204 g/mol. The highest BCUT2D eigenvalue weighted by molar-refractivity contribution is 5.45. The van der Waals surface area contributed by atoms with E-state index in [4.69, 9.17) is 5.26 Å². The van der Waals surface area contributed by atoms with Gasteiger partial charge in [0.05, 0.1) is 22.1 Å². The number of aliphatic hydroxyl groups excluding tert-OH is 1. The molecule has 0 aromatic heterocycles. The summed E-state index contributed by atoms with van der Waals surface area (Å²) in [4.78, 5) is 10.0. The van der Waals surface area contributed by atoms with Gasteiger partial charge in [-0.15, -0.1) is 0 Å². The lowest BCUT2D eigenvalue weighted by Crippen LogP contribution is -2.03. The molecule has 0 bridgehead atoms. The Balaban J connectivity index is 3.20. The smallest absolute Gasteiger partial charge is 0.275 e. The number of para-hydroxylation sites is 1. The Hall–Kier alpha value is -2.19. The fraction of sp³-hybridized carbons (Fsp3) is 0.100. The van der Waals surface area contributed by atoms with Gasteiger partial charge in [-0.25, -0.2) is 0 Å². The summed E-state index contributed by atoms with van der Waals surface area (Å²) in [6.45, 7) is 3.32. The van der Waals surface area contributed by atoms with Crippen LogP contribution >= 0.6 is 0 Å². The largest absolute Gasteiger partial charge is 0.383 e. The Morgan fingerprint density at radius 2 is 2.20 bits per heavy atom. The van der Waals surface area contributed by atoms with Crippen molar-refractivity contribution in [3.05, 3.63) is 52.1 Å². The molecule has 1 aromatic rings. The minimum Gasteiger partial charge on any atom is -0.383 e. The molecular formula is C10H8N2O3. The average Bonchev–Trinajstić information content (AvgIpc) is 2.27. The summed E-state index contributed by atoms with van der Waals surface area (Å²) in [6, 6.07) is 7.36. The average molecular weight is 204 g/mol. The van der Waals surface area contributed by atoms with Gasteiger partial charge in [-0.2, -0.15) is 5.26 Å². The zero-order valence-electron chi connectivity index (χ0n) is 7.75. The van der Waals surface area contributed by atoms with Crippen molar-refractivity contribution in [2.45, 2.75) is 6.10 Å². The van der Waals surface area contributed by atoms with Gasteiger partial charge in [-0.3, -0.25) is 10.1 Å². The topological polar surface area (TPSA) is 87.2 Å². The molecule has 0 aliphatic rings. The fourth-order valence-corrected chi connectivity index (χ4v) is 1.13. The molecule has 5 nitrogen and oxygen atoms in total. The molecule has 15 heavy (non-hydrogen) atoms. The van der Waals surface area contributed by atoms with Gasteiger partial charge in [0.15, 0.2) is 0 Å². The maximum Gasteiger partial charge on any atom is 0.275 e. The number of hydrogen-bond acceptors (Lipinski definition) is 4. The van der Waals surface area contributed by atoms with E-state index in [0.717, 1.165) is 0 Å². The summed E-state index contributed by atoms with van der Waals surface area (Å²) in [5, 5.41) is 28.7. The minimum atomic E-state index is -1.32. The Labute approximate surface area is 86.0 Å². The summed E-state index contributed by atoms with van der Waals surface area (Å²) >= 11 is 0.